The SMILES string of the molecule is Cc1cc(C(=O)O)cc(S(=O)(=O)N2C[C@@H](C)O[C@@H](c3ccccc3)C2)c1. The van der Waals surface area contributed by atoms with Crippen LogP contribution in [-0.4, -0.2) is 43.0 Å². The summed E-state index contributed by atoms with van der Waals surface area (Å²) in [6.07, 6.45) is -0.633. The number of hydrogen-bond acceptors (Lipinski definition) is 4. The molecule has 3 rings (SSSR count). The fourth-order valence-electron chi connectivity index (χ4n) is 3.13. The highest BCUT2D eigenvalue weighted by Crippen LogP contribution is 2.29. The Balaban J connectivity index is 1.95. The molecule has 1 aliphatic rings. The summed E-state index contributed by atoms with van der Waals surface area (Å²) < 4.78 is 33.5. The van der Waals surface area contributed by atoms with E-state index in [2.05, 4.69) is 0 Å². The van der Waals surface area contributed by atoms with Crippen molar-refractivity contribution in [2.24, 2.45) is 0 Å². The number of carboxylic acid groups (broad SMARTS) is 1. The van der Waals surface area contributed by atoms with E-state index >= 15 is 0 Å². The van der Waals surface area contributed by atoms with Crippen LogP contribution in [0.5, 0.6) is 0 Å². The van der Waals surface area contributed by atoms with E-state index in [1.54, 1.807) is 6.92 Å². The summed E-state index contributed by atoms with van der Waals surface area (Å²) in [5.74, 6) is -1.15. The Morgan fingerprint density at radius 2 is 1.85 bits per heavy atom. The van der Waals surface area contributed by atoms with Crippen molar-refractivity contribution in [1.82, 2.24) is 4.31 Å². The van der Waals surface area contributed by atoms with E-state index in [-0.39, 0.29) is 35.8 Å². The number of hydrogen-bond donors (Lipinski definition) is 1. The Bertz CT molecular complexity index is 911. The molecule has 0 amide bonds. The summed E-state index contributed by atoms with van der Waals surface area (Å²) in [5.41, 5.74) is 1.46. The fourth-order valence-corrected chi connectivity index (χ4v) is 4.78. The summed E-state index contributed by atoms with van der Waals surface area (Å²) in [6.45, 7) is 3.92. The van der Waals surface area contributed by atoms with Crippen molar-refractivity contribution in [1.29, 1.82) is 0 Å². The zero-order chi connectivity index (χ0) is 18.9. The largest absolute Gasteiger partial charge is 0.478 e. The minimum absolute atomic E-state index is 0.00388. The van der Waals surface area contributed by atoms with Crippen molar-refractivity contribution in [3.05, 3.63) is 65.2 Å². The molecule has 0 spiro atoms. The second kappa shape index (κ2) is 7.19. The summed E-state index contributed by atoms with van der Waals surface area (Å²) in [6, 6.07) is 13.6. The van der Waals surface area contributed by atoms with E-state index in [1.807, 2.05) is 37.3 Å². The van der Waals surface area contributed by atoms with Gasteiger partial charge in [-0.1, -0.05) is 30.3 Å². The van der Waals surface area contributed by atoms with Crippen LogP contribution in [0.25, 0.3) is 0 Å². The van der Waals surface area contributed by atoms with Gasteiger partial charge in [0.15, 0.2) is 0 Å². The third kappa shape index (κ3) is 3.80. The Morgan fingerprint density at radius 3 is 2.50 bits per heavy atom. The number of benzene rings is 2. The number of aryl methyl sites for hydroxylation is 1. The molecule has 0 aliphatic carbocycles. The monoisotopic (exact) mass is 375 g/mol. The van der Waals surface area contributed by atoms with Gasteiger partial charge in [-0.15, -0.1) is 0 Å². The molecular formula is C19H21NO5S. The molecule has 1 aliphatic heterocycles. The van der Waals surface area contributed by atoms with Crippen LogP contribution >= 0.6 is 0 Å². The number of aromatic carboxylic acids is 1. The topological polar surface area (TPSA) is 83.9 Å². The van der Waals surface area contributed by atoms with Crippen LogP contribution in [0.2, 0.25) is 0 Å². The van der Waals surface area contributed by atoms with Crippen LogP contribution in [0.1, 0.15) is 34.5 Å². The number of rotatable bonds is 4. The van der Waals surface area contributed by atoms with Gasteiger partial charge in [0, 0.05) is 13.1 Å². The minimum atomic E-state index is -3.82. The lowest BCUT2D eigenvalue weighted by atomic mass is 10.1. The molecule has 1 heterocycles. The highest BCUT2D eigenvalue weighted by Gasteiger charge is 2.34. The molecule has 0 radical (unpaired) electrons. The summed E-state index contributed by atoms with van der Waals surface area (Å²) in [7, 11) is -3.82. The van der Waals surface area contributed by atoms with Gasteiger partial charge in [-0.25, -0.2) is 13.2 Å². The molecule has 1 N–H and O–H groups in total. The highest BCUT2D eigenvalue weighted by atomic mass is 32.2. The van der Waals surface area contributed by atoms with Crippen LogP contribution in [0.3, 0.4) is 0 Å². The van der Waals surface area contributed by atoms with Crippen molar-refractivity contribution >= 4 is 16.0 Å². The van der Waals surface area contributed by atoms with Crippen molar-refractivity contribution in [2.75, 3.05) is 13.1 Å². The van der Waals surface area contributed by atoms with E-state index in [1.165, 1.54) is 22.5 Å². The molecule has 7 heteroatoms. The normalized spacial score (nSPS) is 21.5. The second-order valence-corrected chi connectivity index (χ2v) is 8.45. The highest BCUT2D eigenvalue weighted by molar-refractivity contribution is 7.89. The maximum atomic E-state index is 13.1. The van der Waals surface area contributed by atoms with E-state index in [0.717, 1.165) is 5.56 Å². The van der Waals surface area contributed by atoms with Gasteiger partial charge in [-0.2, -0.15) is 4.31 Å². The van der Waals surface area contributed by atoms with Gasteiger partial charge < -0.3 is 9.84 Å². The molecule has 1 saturated heterocycles. The van der Waals surface area contributed by atoms with Gasteiger partial charge in [0.25, 0.3) is 0 Å². The van der Waals surface area contributed by atoms with Gasteiger partial charge in [0.1, 0.15) is 0 Å². The van der Waals surface area contributed by atoms with Gasteiger partial charge >= 0.3 is 5.97 Å². The van der Waals surface area contributed by atoms with E-state index < -0.39 is 16.0 Å². The Hall–Kier alpha value is -2.22. The fraction of sp³-hybridized carbons (Fsp3) is 0.316. The van der Waals surface area contributed by atoms with Crippen molar-refractivity contribution < 1.29 is 23.1 Å². The smallest absolute Gasteiger partial charge is 0.335 e. The number of carboxylic acids is 1. The van der Waals surface area contributed by atoms with Crippen molar-refractivity contribution in [2.45, 2.75) is 31.0 Å². The number of morpholine rings is 1. The lowest BCUT2D eigenvalue weighted by Gasteiger charge is -2.36. The van der Waals surface area contributed by atoms with E-state index in [0.29, 0.717) is 5.56 Å². The van der Waals surface area contributed by atoms with E-state index in [4.69, 9.17) is 4.74 Å². The molecule has 6 nitrogen and oxygen atoms in total. The number of nitrogens with zero attached hydrogens (tertiary/aromatic N) is 1. The van der Waals surface area contributed by atoms with Crippen molar-refractivity contribution in [3.63, 3.8) is 0 Å². The minimum Gasteiger partial charge on any atom is -0.478 e. The number of ether oxygens (including phenoxy) is 1. The predicted octanol–water partition coefficient (Wildman–Crippen LogP) is 2.84. The third-order valence-electron chi connectivity index (χ3n) is 4.33. The van der Waals surface area contributed by atoms with Gasteiger partial charge in [-0.05, 0) is 43.2 Å². The predicted molar refractivity (Wildman–Crippen MR) is 96.6 cm³/mol. The van der Waals surface area contributed by atoms with Gasteiger partial charge in [-0.3, -0.25) is 0 Å². The molecule has 26 heavy (non-hydrogen) atoms. The standard InChI is InChI=1S/C19H21NO5S/c1-13-8-16(19(21)22)10-17(9-13)26(23,24)20-11-14(2)25-18(12-20)15-6-4-3-5-7-15/h3-10,14,18H,11-12H2,1-2H3,(H,21,22)/t14-,18-/m1/s1. The average Bonchev–Trinajstić information content (AvgIpc) is 2.61. The lowest BCUT2D eigenvalue weighted by Crippen LogP contribution is -2.45. The molecule has 0 unspecified atom stereocenters. The molecule has 1 fully saturated rings. The van der Waals surface area contributed by atoms with Crippen LogP contribution < -0.4 is 0 Å². The van der Waals surface area contributed by atoms with Gasteiger partial charge in [0.2, 0.25) is 10.0 Å². The number of sulfonamides is 1. The maximum absolute atomic E-state index is 13.1. The maximum Gasteiger partial charge on any atom is 0.335 e. The zero-order valence-electron chi connectivity index (χ0n) is 14.6. The summed E-state index contributed by atoms with van der Waals surface area (Å²) >= 11 is 0. The Labute approximate surface area is 153 Å². The quantitative estimate of drug-likeness (QED) is 0.888. The molecule has 0 aromatic heterocycles. The average molecular weight is 375 g/mol. The van der Waals surface area contributed by atoms with Crippen LogP contribution in [0.15, 0.2) is 53.4 Å². The molecule has 0 bridgehead atoms. The first-order valence-electron chi connectivity index (χ1n) is 8.33. The molecular weight excluding hydrogens is 354 g/mol. The lowest BCUT2D eigenvalue weighted by molar-refractivity contribution is -0.0557. The molecule has 2 aromatic carbocycles. The van der Waals surface area contributed by atoms with Crippen LogP contribution in [0, 0.1) is 6.92 Å². The molecule has 2 atom stereocenters. The molecule has 138 valence electrons. The summed E-state index contributed by atoms with van der Waals surface area (Å²) in [4.78, 5) is 11.3. The van der Waals surface area contributed by atoms with Crippen LogP contribution in [0.4, 0.5) is 0 Å². The first kappa shape index (κ1) is 18.6. The first-order chi connectivity index (χ1) is 12.3. The van der Waals surface area contributed by atoms with Gasteiger partial charge in [0.05, 0.1) is 22.7 Å². The van der Waals surface area contributed by atoms with Crippen molar-refractivity contribution in [3.8, 4) is 0 Å². The molecule has 0 saturated carbocycles. The first-order valence-corrected chi connectivity index (χ1v) is 9.77. The Kier molecular flexibility index (Phi) is 5.13. The zero-order valence-corrected chi connectivity index (χ0v) is 15.4. The van der Waals surface area contributed by atoms with E-state index in [9.17, 15) is 18.3 Å². The third-order valence-corrected chi connectivity index (χ3v) is 6.14. The molecule has 2 aromatic rings. The summed E-state index contributed by atoms with van der Waals surface area (Å²) in [5, 5.41) is 9.21. The Morgan fingerprint density at radius 1 is 1.15 bits per heavy atom. The number of carbonyl (C=O) groups is 1. The van der Waals surface area contributed by atoms with Crippen LogP contribution in [-0.2, 0) is 14.8 Å². The second-order valence-electron chi connectivity index (χ2n) is 6.51.